The summed E-state index contributed by atoms with van der Waals surface area (Å²) in [4.78, 5) is 27.3. The zero-order chi connectivity index (χ0) is 19.9. The number of piperidine rings is 1. The number of likely N-dealkylation sites (tertiary alicyclic amines) is 1. The third-order valence-electron chi connectivity index (χ3n) is 5.90. The molecule has 0 aliphatic carbocycles. The minimum Gasteiger partial charge on any atom is -0.356 e. The van der Waals surface area contributed by atoms with Crippen LogP contribution in [0.25, 0.3) is 11.0 Å². The number of nitrogens with zero attached hydrogens (tertiary/aromatic N) is 3. The number of hydrogen-bond acceptors (Lipinski definition) is 3. The van der Waals surface area contributed by atoms with E-state index in [1.165, 1.54) is 25.9 Å². The summed E-state index contributed by atoms with van der Waals surface area (Å²) >= 11 is 0. The molecule has 0 spiro atoms. The van der Waals surface area contributed by atoms with E-state index >= 15 is 0 Å². The zero-order valence-corrected chi connectivity index (χ0v) is 17.3. The number of unbranched alkanes of at least 4 members (excludes halogenated alkanes) is 1. The third-order valence-corrected chi connectivity index (χ3v) is 5.90. The number of carbonyl (C=O) groups is 1. The number of aromatic nitrogens is 2. The first-order chi connectivity index (χ1) is 13.6. The molecule has 3 rings (SSSR count). The molecule has 2 heterocycles. The number of hydrogen-bond donors (Lipinski definition) is 1. The molecule has 1 N–H and O–H groups in total. The first kappa shape index (κ1) is 20.6. The molecule has 2 aromatic rings. The van der Waals surface area contributed by atoms with Crippen molar-refractivity contribution in [2.24, 2.45) is 5.92 Å². The van der Waals surface area contributed by atoms with Crippen molar-refractivity contribution in [3.63, 3.8) is 0 Å². The van der Waals surface area contributed by atoms with Gasteiger partial charge in [0.2, 0.25) is 5.91 Å². The van der Waals surface area contributed by atoms with Crippen LogP contribution >= 0.6 is 0 Å². The van der Waals surface area contributed by atoms with Gasteiger partial charge < -0.3 is 10.2 Å². The summed E-state index contributed by atoms with van der Waals surface area (Å²) in [6.45, 7) is 9.64. The molecule has 0 radical (unpaired) electrons. The van der Waals surface area contributed by atoms with E-state index in [1.54, 1.807) is 9.13 Å². The quantitative estimate of drug-likeness (QED) is 0.674. The molecule has 1 fully saturated rings. The number of para-hydroxylation sites is 2. The number of fused-ring (bicyclic) bond motifs is 1. The van der Waals surface area contributed by atoms with Gasteiger partial charge in [0.25, 0.3) is 0 Å². The normalized spacial score (nSPS) is 15.9. The average Bonchev–Trinajstić information content (AvgIpc) is 2.98. The van der Waals surface area contributed by atoms with E-state index in [4.69, 9.17) is 0 Å². The second kappa shape index (κ2) is 9.92. The van der Waals surface area contributed by atoms with Crippen molar-refractivity contribution in [2.45, 2.75) is 59.0 Å². The monoisotopic (exact) mass is 386 g/mol. The molecule has 1 amide bonds. The molecule has 6 nitrogen and oxygen atoms in total. The Bertz CT molecular complexity index is 831. The number of nitrogens with one attached hydrogen (secondary N) is 1. The van der Waals surface area contributed by atoms with E-state index < -0.39 is 0 Å². The lowest BCUT2D eigenvalue weighted by Gasteiger charge is -2.30. The second-order valence-electron chi connectivity index (χ2n) is 8.00. The molecule has 154 valence electrons. The minimum absolute atomic E-state index is 0.0204. The molecular weight excluding hydrogens is 352 g/mol. The van der Waals surface area contributed by atoms with E-state index in [-0.39, 0.29) is 11.6 Å². The topological polar surface area (TPSA) is 59.3 Å². The Morgan fingerprint density at radius 3 is 2.43 bits per heavy atom. The molecule has 1 aromatic carbocycles. The van der Waals surface area contributed by atoms with Crippen LogP contribution in [0.15, 0.2) is 29.1 Å². The first-order valence-electron chi connectivity index (χ1n) is 10.8. The summed E-state index contributed by atoms with van der Waals surface area (Å²) in [5.74, 6) is 0.890. The van der Waals surface area contributed by atoms with Gasteiger partial charge in [-0.25, -0.2) is 4.79 Å². The molecular formula is C22H34N4O2. The third kappa shape index (κ3) is 5.04. The molecule has 0 bridgehead atoms. The summed E-state index contributed by atoms with van der Waals surface area (Å²) in [6, 6.07) is 7.78. The lowest BCUT2D eigenvalue weighted by Crippen LogP contribution is -2.34. The lowest BCUT2D eigenvalue weighted by molar-refractivity contribution is -0.121. The number of imidazole rings is 1. The Kier molecular flexibility index (Phi) is 7.31. The number of rotatable bonds is 9. The Hall–Kier alpha value is -2.08. The maximum absolute atomic E-state index is 12.6. The number of aryl methyl sites for hydroxylation is 2. The molecule has 6 heteroatoms. The summed E-state index contributed by atoms with van der Waals surface area (Å²) in [7, 11) is 0. The van der Waals surface area contributed by atoms with E-state index in [1.807, 2.05) is 31.2 Å². The van der Waals surface area contributed by atoms with E-state index in [2.05, 4.69) is 17.1 Å². The fourth-order valence-electron chi connectivity index (χ4n) is 4.07. The van der Waals surface area contributed by atoms with Crippen LogP contribution in [0.5, 0.6) is 0 Å². The molecule has 1 aliphatic rings. The highest BCUT2D eigenvalue weighted by atomic mass is 16.2. The Balaban J connectivity index is 1.40. The van der Waals surface area contributed by atoms with Gasteiger partial charge in [0, 0.05) is 26.1 Å². The summed E-state index contributed by atoms with van der Waals surface area (Å²) < 4.78 is 3.48. The summed E-state index contributed by atoms with van der Waals surface area (Å²) in [5, 5.41) is 3.01. The predicted octanol–water partition coefficient (Wildman–Crippen LogP) is 2.84. The molecule has 1 aromatic heterocycles. The van der Waals surface area contributed by atoms with Gasteiger partial charge in [0.15, 0.2) is 0 Å². The van der Waals surface area contributed by atoms with Gasteiger partial charge in [0.1, 0.15) is 0 Å². The predicted molar refractivity (Wildman–Crippen MR) is 114 cm³/mol. The van der Waals surface area contributed by atoms with Crippen LogP contribution in [0.4, 0.5) is 0 Å². The molecule has 0 saturated carbocycles. The van der Waals surface area contributed by atoms with E-state index in [0.29, 0.717) is 26.1 Å². The van der Waals surface area contributed by atoms with Gasteiger partial charge in [-0.1, -0.05) is 19.1 Å². The smallest absolute Gasteiger partial charge is 0.329 e. The van der Waals surface area contributed by atoms with Crippen molar-refractivity contribution in [3.05, 3.63) is 34.7 Å². The van der Waals surface area contributed by atoms with Crippen molar-refractivity contribution in [1.82, 2.24) is 19.4 Å². The Morgan fingerprint density at radius 1 is 1.07 bits per heavy atom. The van der Waals surface area contributed by atoms with Crippen molar-refractivity contribution in [1.29, 1.82) is 0 Å². The van der Waals surface area contributed by atoms with E-state index in [9.17, 15) is 9.59 Å². The summed E-state index contributed by atoms with van der Waals surface area (Å²) in [5.41, 5.74) is 1.80. The maximum atomic E-state index is 12.6. The molecule has 0 unspecified atom stereocenters. The van der Waals surface area contributed by atoms with E-state index in [0.717, 1.165) is 36.3 Å². The molecule has 28 heavy (non-hydrogen) atoms. The number of amides is 1. The largest absolute Gasteiger partial charge is 0.356 e. The van der Waals surface area contributed by atoms with Crippen LogP contribution in [0.2, 0.25) is 0 Å². The van der Waals surface area contributed by atoms with Crippen LogP contribution in [0.1, 0.15) is 46.0 Å². The average molecular weight is 387 g/mol. The highest BCUT2D eigenvalue weighted by molar-refractivity contribution is 5.77. The lowest BCUT2D eigenvalue weighted by atomic mass is 9.99. The number of carbonyl (C=O) groups excluding carboxylic acids is 1. The van der Waals surface area contributed by atoms with Gasteiger partial charge in [-0.15, -0.1) is 0 Å². The summed E-state index contributed by atoms with van der Waals surface area (Å²) in [6.07, 6.45) is 5.09. The van der Waals surface area contributed by atoms with Crippen LogP contribution in [0.3, 0.4) is 0 Å². The van der Waals surface area contributed by atoms with Crippen molar-refractivity contribution < 1.29 is 4.79 Å². The molecule has 0 atom stereocenters. The van der Waals surface area contributed by atoms with Gasteiger partial charge >= 0.3 is 5.69 Å². The van der Waals surface area contributed by atoms with Gasteiger partial charge in [0.05, 0.1) is 11.0 Å². The van der Waals surface area contributed by atoms with Crippen LogP contribution in [0, 0.1) is 5.92 Å². The zero-order valence-electron chi connectivity index (χ0n) is 17.3. The fourth-order valence-corrected chi connectivity index (χ4v) is 4.07. The fraction of sp³-hybridized carbons (Fsp3) is 0.636. The second-order valence-corrected chi connectivity index (χ2v) is 8.00. The first-order valence-corrected chi connectivity index (χ1v) is 10.8. The molecule has 1 aliphatic heterocycles. The SMILES string of the molecule is CCn1c(=O)n(CCC(=O)NCCCCN2CCC(C)CC2)c2ccccc21. The molecule has 1 saturated heterocycles. The van der Waals surface area contributed by atoms with Crippen LogP contribution in [-0.4, -0.2) is 46.1 Å². The Morgan fingerprint density at radius 2 is 1.75 bits per heavy atom. The van der Waals surface area contributed by atoms with Crippen molar-refractivity contribution >= 4 is 16.9 Å². The van der Waals surface area contributed by atoms with Gasteiger partial charge in [-0.05, 0) is 70.3 Å². The minimum atomic E-state index is -0.0349. The van der Waals surface area contributed by atoms with Gasteiger partial charge in [-0.3, -0.25) is 13.9 Å². The highest BCUT2D eigenvalue weighted by Gasteiger charge is 2.15. The number of benzene rings is 1. The highest BCUT2D eigenvalue weighted by Crippen LogP contribution is 2.16. The maximum Gasteiger partial charge on any atom is 0.329 e. The van der Waals surface area contributed by atoms with Crippen molar-refractivity contribution in [2.75, 3.05) is 26.2 Å². The van der Waals surface area contributed by atoms with Crippen LogP contribution < -0.4 is 11.0 Å². The standard InChI is InChI=1S/C22H34N4O2/c1-3-25-19-8-4-5-9-20(19)26(22(25)28)17-12-21(27)23-13-6-7-14-24-15-10-18(2)11-16-24/h4-5,8-9,18H,3,6-7,10-17H2,1-2H3,(H,23,27). The van der Waals surface area contributed by atoms with Gasteiger partial charge in [-0.2, -0.15) is 0 Å². The van der Waals surface area contributed by atoms with Crippen molar-refractivity contribution in [3.8, 4) is 0 Å². The van der Waals surface area contributed by atoms with Crippen LogP contribution in [-0.2, 0) is 17.9 Å². The Labute approximate surface area is 167 Å².